The van der Waals surface area contributed by atoms with Gasteiger partial charge in [0, 0.05) is 0 Å². The second-order valence-corrected chi connectivity index (χ2v) is 5.17. The van der Waals surface area contributed by atoms with Crippen LogP contribution in [0.4, 0.5) is 0 Å². The molecule has 0 amide bonds. The first-order valence-electron chi connectivity index (χ1n) is 6.84. The van der Waals surface area contributed by atoms with Crippen LogP contribution in [-0.4, -0.2) is 77.3 Å². The fourth-order valence-corrected chi connectivity index (χ4v) is 1.63. The Labute approximate surface area is 108 Å². The molecule has 0 aliphatic rings. The van der Waals surface area contributed by atoms with Gasteiger partial charge in [-0.3, -0.25) is 0 Å². The van der Waals surface area contributed by atoms with E-state index in [2.05, 4.69) is 48.6 Å². The molecule has 0 bridgehead atoms. The second-order valence-electron chi connectivity index (χ2n) is 5.17. The summed E-state index contributed by atoms with van der Waals surface area (Å²) in [6.45, 7) is 6.89. The first-order chi connectivity index (χ1) is 8.13. The molecule has 0 atom stereocenters. The monoisotopic (exact) mass is 244 g/mol. The van der Waals surface area contributed by atoms with Crippen LogP contribution in [0.2, 0.25) is 0 Å². The summed E-state index contributed by atoms with van der Waals surface area (Å²) in [6.07, 6.45) is 3.70. The minimum absolute atomic E-state index is 1.13. The molecule has 0 fully saturated rings. The number of nitrogens with zero attached hydrogens (tertiary/aromatic N) is 2. The van der Waals surface area contributed by atoms with Gasteiger partial charge in [-0.05, 0) is 86.7 Å². The Balaban J connectivity index is 2.94. The van der Waals surface area contributed by atoms with Crippen molar-refractivity contribution in [3.8, 4) is 0 Å². The van der Waals surface area contributed by atoms with Crippen LogP contribution in [0.15, 0.2) is 0 Å². The van der Waals surface area contributed by atoms with E-state index in [1.165, 1.54) is 32.4 Å². The summed E-state index contributed by atoms with van der Waals surface area (Å²) in [7, 11) is 8.49. The van der Waals surface area contributed by atoms with E-state index in [1.807, 2.05) is 0 Å². The lowest BCUT2D eigenvalue weighted by Gasteiger charge is -2.11. The zero-order chi connectivity index (χ0) is 12.9. The van der Waals surface area contributed by atoms with E-state index < -0.39 is 0 Å². The van der Waals surface area contributed by atoms with E-state index in [0.717, 1.165) is 26.2 Å². The Kier molecular flexibility index (Phi) is 12.2. The summed E-state index contributed by atoms with van der Waals surface area (Å²) in [5, 5.41) is 6.95. The molecule has 0 aromatic carbocycles. The molecule has 104 valence electrons. The van der Waals surface area contributed by atoms with Crippen molar-refractivity contribution in [3.05, 3.63) is 0 Å². The number of hydrogen-bond acceptors (Lipinski definition) is 4. The summed E-state index contributed by atoms with van der Waals surface area (Å²) >= 11 is 0. The van der Waals surface area contributed by atoms with E-state index in [9.17, 15) is 0 Å². The zero-order valence-electron chi connectivity index (χ0n) is 12.3. The van der Waals surface area contributed by atoms with Crippen molar-refractivity contribution in [2.45, 2.75) is 19.3 Å². The summed E-state index contributed by atoms with van der Waals surface area (Å²) in [5.41, 5.74) is 0. The second kappa shape index (κ2) is 12.3. The maximum absolute atomic E-state index is 3.47. The van der Waals surface area contributed by atoms with Crippen molar-refractivity contribution in [2.75, 3.05) is 67.5 Å². The highest BCUT2D eigenvalue weighted by Gasteiger charge is 1.92. The third-order valence-corrected chi connectivity index (χ3v) is 2.62. The number of hydrogen-bond donors (Lipinski definition) is 2. The number of rotatable bonds is 12. The number of nitrogens with one attached hydrogen (secondary N) is 2. The van der Waals surface area contributed by atoms with Gasteiger partial charge in [0.1, 0.15) is 0 Å². The van der Waals surface area contributed by atoms with Crippen LogP contribution in [0.3, 0.4) is 0 Å². The summed E-state index contributed by atoms with van der Waals surface area (Å²) in [6, 6.07) is 0. The Bertz CT molecular complexity index is 132. The van der Waals surface area contributed by atoms with Gasteiger partial charge in [-0.25, -0.2) is 0 Å². The smallest absolute Gasteiger partial charge is 0.00127 e. The van der Waals surface area contributed by atoms with Crippen molar-refractivity contribution in [1.29, 1.82) is 0 Å². The van der Waals surface area contributed by atoms with E-state index >= 15 is 0 Å². The fourth-order valence-electron chi connectivity index (χ4n) is 1.63. The topological polar surface area (TPSA) is 30.5 Å². The molecule has 0 aromatic rings. The average Bonchev–Trinajstić information content (AvgIpc) is 2.25. The van der Waals surface area contributed by atoms with E-state index in [4.69, 9.17) is 0 Å². The minimum Gasteiger partial charge on any atom is -0.317 e. The lowest BCUT2D eigenvalue weighted by atomic mass is 10.3. The highest BCUT2D eigenvalue weighted by atomic mass is 15.1. The highest BCUT2D eigenvalue weighted by Crippen LogP contribution is 1.83. The van der Waals surface area contributed by atoms with Gasteiger partial charge in [-0.2, -0.15) is 0 Å². The van der Waals surface area contributed by atoms with Crippen LogP contribution in [-0.2, 0) is 0 Å². The lowest BCUT2D eigenvalue weighted by Crippen LogP contribution is -2.26. The normalized spacial score (nSPS) is 11.6. The quantitative estimate of drug-likeness (QED) is 0.488. The predicted molar refractivity (Wildman–Crippen MR) is 76.7 cm³/mol. The van der Waals surface area contributed by atoms with Gasteiger partial charge >= 0.3 is 0 Å². The highest BCUT2D eigenvalue weighted by molar-refractivity contribution is 4.54. The lowest BCUT2D eigenvalue weighted by molar-refractivity contribution is 0.390. The Morgan fingerprint density at radius 3 is 1.29 bits per heavy atom. The third-order valence-electron chi connectivity index (χ3n) is 2.62. The summed E-state index contributed by atoms with van der Waals surface area (Å²) in [5.74, 6) is 0. The minimum atomic E-state index is 1.13. The van der Waals surface area contributed by atoms with Gasteiger partial charge in [0.15, 0.2) is 0 Å². The Hall–Kier alpha value is -0.160. The fraction of sp³-hybridized carbons (Fsp3) is 1.00. The Morgan fingerprint density at radius 2 is 0.941 bits per heavy atom. The molecule has 0 heterocycles. The molecule has 0 aliphatic carbocycles. The van der Waals surface area contributed by atoms with Gasteiger partial charge in [-0.15, -0.1) is 0 Å². The van der Waals surface area contributed by atoms with Crippen molar-refractivity contribution in [1.82, 2.24) is 20.4 Å². The molecule has 0 spiro atoms. The molecule has 0 saturated carbocycles. The first kappa shape index (κ1) is 16.8. The van der Waals surface area contributed by atoms with Crippen LogP contribution in [0.25, 0.3) is 0 Å². The molecule has 4 heteroatoms. The molecule has 0 radical (unpaired) electrons. The third kappa shape index (κ3) is 15.8. The van der Waals surface area contributed by atoms with Crippen molar-refractivity contribution < 1.29 is 0 Å². The van der Waals surface area contributed by atoms with Crippen LogP contribution in [0.5, 0.6) is 0 Å². The largest absolute Gasteiger partial charge is 0.317 e. The van der Waals surface area contributed by atoms with Gasteiger partial charge in [0.2, 0.25) is 0 Å². The van der Waals surface area contributed by atoms with E-state index in [1.54, 1.807) is 0 Å². The van der Waals surface area contributed by atoms with Crippen LogP contribution in [0.1, 0.15) is 19.3 Å². The SMILES string of the molecule is CN(C)CCCNCCCNCCCN(C)C. The van der Waals surface area contributed by atoms with Crippen LogP contribution >= 0.6 is 0 Å². The molecule has 0 unspecified atom stereocenters. The molecule has 0 aromatic heterocycles. The molecule has 17 heavy (non-hydrogen) atoms. The predicted octanol–water partition coefficient (Wildman–Crippen LogP) is 0.459. The van der Waals surface area contributed by atoms with Gasteiger partial charge in [0.05, 0.1) is 0 Å². The molecular formula is C13H32N4. The van der Waals surface area contributed by atoms with Crippen LogP contribution in [0, 0.1) is 0 Å². The molecule has 0 rings (SSSR count). The maximum Gasteiger partial charge on any atom is -0.00127 e. The molecule has 2 N–H and O–H groups in total. The van der Waals surface area contributed by atoms with Gasteiger partial charge in [-0.1, -0.05) is 0 Å². The maximum atomic E-state index is 3.47. The van der Waals surface area contributed by atoms with E-state index in [0.29, 0.717) is 0 Å². The van der Waals surface area contributed by atoms with Crippen LogP contribution < -0.4 is 10.6 Å². The molecule has 4 nitrogen and oxygen atoms in total. The van der Waals surface area contributed by atoms with Gasteiger partial charge in [0.25, 0.3) is 0 Å². The van der Waals surface area contributed by atoms with Crippen molar-refractivity contribution in [3.63, 3.8) is 0 Å². The average molecular weight is 244 g/mol. The standard InChI is InChI=1S/C13H32N4/c1-16(2)12-6-10-14-8-5-9-15-11-7-13-17(3)4/h14-15H,5-13H2,1-4H3. The summed E-state index contributed by atoms with van der Waals surface area (Å²) < 4.78 is 0. The molecule has 0 saturated heterocycles. The Morgan fingerprint density at radius 1 is 0.588 bits per heavy atom. The first-order valence-corrected chi connectivity index (χ1v) is 6.84. The molecule has 0 aliphatic heterocycles. The van der Waals surface area contributed by atoms with Crippen molar-refractivity contribution >= 4 is 0 Å². The summed E-state index contributed by atoms with van der Waals surface area (Å²) in [4.78, 5) is 4.46. The van der Waals surface area contributed by atoms with E-state index in [-0.39, 0.29) is 0 Å². The zero-order valence-corrected chi connectivity index (χ0v) is 12.3. The van der Waals surface area contributed by atoms with Gasteiger partial charge < -0.3 is 20.4 Å². The molecular weight excluding hydrogens is 212 g/mol. The van der Waals surface area contributed by atoms with Crippen molar-refractivity contribution in [2.24, 2.45) is 0 Å².